The predicted molar refractivity (Wildman–Crippen MR) is 64.3 cm³/mol. The van der Waals surface area contributed by atoms with E-state index < -0.39 is 11.4 Å². The highest BCUT2D eigenvalue weighted by Gasteiger charge is 2.46. The number of nitrogens with one attached hydrogen (secondary N) is 1. The van der Waals surface area contributed by atoms with Gasteiger partial charge in [0.15, 0.2) is 5.76 Å². The van der Waals surface area contributed by atoms with Crippen LogP contribution in [0, 0.1) is 12.3 Å². The lowest BCUT2D eigenvalue weighted by Crippen LogP contribution is -2.47. The number of carbonyl (C=O) groups excluding carboxylic acids is 1. The van der Waals surface area contributed by atoms with Crippen LogP contribution in [0.3, 0.4) is 0 Å². The third-order valence-corrected chi connectivity index (χ3v) is 3.82. The third kappa shape index (κ3) is 2.00. The molecule has 1 aromatic rings. The van der Waals surface area contributed by atoms with E-state index in [9.17, 15) is 14.7 Å². The lowest BCUT2D eigenvalue weighted by Gasteiger charge is -2.27. The third-order valence-electron chi connectivity index (χ3n) is 3.82. The van der Waals surface area contributed by atoms with Crippen LogP contribution in [0.5, 0.6) is 0 Å². The van der Waals surface area contributed by atoms with E-state index in [4.69, 9.17) is 4.42 Å². The zero-order chi connectivity index (χ0) is 13.3. The zero-order valence-electron chi connectivity index (χ0n) is 10.5. The Labute approximate surface area is 105 Å². The summed E-state index contributed by atoms with van der Waals surface area (Å²) >= 11 is 0. The number of carbonyl (C=O) groups is 2. The number of carboxylic acids is 1. The molecule has 0 radical (unpaired) electrons. The number of rotatable bonds is 3. The van der Waals surface area contributed by atoms with Crippen molar-refractivity contribution in [2.75, 3.05) is 0 Å². The van der Waals surface area contributed by atoms with Gasteiger partial charge in [-0.05, 0) is 32.8 Å². The maximum Gasteiger partial charge on any atom is 0.311 e. The maximum atomic E-state index is 12.0. The smallest absolute Gasteiger partial charge is 0.311 e. The second-order valence-corrected chi connectivity index (χ2v) is 5.07. The molecule has 1 aromatic heterocycles. The van der Waals surface area contributed by atoms with Crippen LogP contribution in [-0.2, 0) is 4.79 Å². The van der Waals surface area contributed by atoms with Gasteiger partial charge in [-0.2, -0.15) is 0 Å². The first kappa shape index (κ1) is 12.7. The van der Waals surface area contributed by atoms with Crippen LogP contribution in [-0.4, -0.2) is 23.0 Å². The first-order valence-electron chi connectivity index (χ1n) is 6.03. The van der Waals surface area contributed by atoms with E-state index in [1.165, 1.54) is 6.26 Å². The van der Waals surface area contributed by atoms with E-state index in [-0.39, 0.29) is 17.7 Å². The summed E-state index contributed by atoms with van der Waals surface area (Å²) in [5, 5.41) is 12.0. The number of aliphatic carboxylic acids is 1. The molecule has 5 nitrogen and oxygen atoms in total. The van der Waals surface area contributed by atoms with E-state index in [1.54, 1.807) is 19.9 Å². The normalized spacial score (nSPS) is 27.1. The van der Waals surface area contributed by atoms with Gasteiger partial charge in [-0.15, -0.1) is 0 Å². The fourth-order valence-corrected chi connectivity index (χ4v) is 2.48. The molecule has 1 aliphatic carbocycles. The van der Waals surface area contributed by atoms with Crippen LogP contribution in [0.4, 0.5) is 0 Å². The van der Waals surface area contributed by atoms with Crippen molar-refractivity contribution < 1.29 is 19.1 Å². The monoisotopic (exact) mass is 251 g/mol. The minimum absolute atomic E-state index is 0.259. The Hall–Kier alpha value is -1.78. The summed E-state index contributed by atoms with van der Waals surface area (Å²) in [5.74, 6) is -0.937. The second kappa shape index (κ2) is 4.48. The number of hydrogen-bond acceptors (Lipinski definition) is 3. The van der Waals surface area contributed by atoms with Gasteiger partial charge < -0.3 is 14.8 Å². The fraction of sp³-hybridized carbons (Fsp3) is 0.538. The number of furan rings is 1. The Kier molecular flexibility index (Phi) is 3.15. The minimum Gasteiger partial charge on any atom is -0.481 e. The van der Waals surface area contributed by atoms with E-state index in [0.717, 1.165) is 12.0 Å². The molecule has 1 saturated carbocycles. The van der Waals surface area contributed by atoms with Crippen molar-refractivity contribution in [3.8, 4) is 0 Å². The van der Waals surface area contributed by atoms with E-state index in [1.807, 2.05) is 0 Å². The molecular formula is C13H17NO4. The van der Waals surface area contributed by atoms with Crippen molar-refractivity contribution in [3.63, 3.8) is 0 Å². The van der Waals surface area contributed by atoms with Gasteiger partial charge in [0, 0.05) is 11.6 Å². The number of amides is 1. The highest BCUT2D eigenvalue weighted by Crippen LogP contribution is 2.38. The van der Waals surface area contributed by atoms with Crippen molar-refractivity contribution in [1.29, 1.82) is 0 Å². The first-order valence-corrected chi connectivity index (χ1v) is 6.03. The SMILES string of the molecule is Cc1ccoc1C(=O)NC1CCCC1(C)C(=O)O. The summed E-state index contributed by atoms with van der Waals surface area (Å²) in [5.41, 5.74) is -0.126. The van der Waals surface area contributed by atoms with E-state index in [0.29, 0.717) is 12.8 Å². The van der Waals surface area contributed by atoms with Gasteiger partial charge in [0.2, 0.25) is 0 Å². The molecule has 0 saturated heterocycles. The Morgan fingerprint density at radius 3 is 2.83 bits per heavy atom. The standard InChI is InChI=1S/C13H17NO4/c1-8-5-7-18-10(8)11(15)14-9-4-3-6-13(9,2)12(16)17/h5,7,9H,3-4,6H2,1-2H3,(H,14,15)(H,16,17). The summed E-state index contributed by atoms with van der Waals surface area (Å²) in [7, 11) is 0. The van der Waals surface area contributed by atoms with Crippen molar-refractivity contribution in [3.05, 3.63) is 23.7 Å². The molecule has 1 amide bonds. The van der Waals surface area contributed by atoms with Crippen LogP contribution >= 0.6 is 0 Å². The lowest BCUT2D eigenvalue weighted by molar-refractivity contribution is -0.148. The molecule has 2 N–H and O–H groups in total. The number of aryl methyl sites for hydroxylation is 1. The summed E-state index contributed by atoms with van der Waals surface area (Å²) in [6, 6.07) is 1.37. The molecule has 2 atom stereocenters. The van der Waals surface area contributed by atoms with Crippen LogP contribution in [0.1, 0.15) is 42.3 Å². The maximum absolute atomic E-state index is 12.0. The summed E-state index contributed by atoms with van der Waals surface area (Å²) < 4.78 is 5.11. The van der Waals surface area contributed by atoms with Crippen LogP contribution in [0.25, 0.3) is 0 Å². The molecule has 1 fully saturated rings. The topological polar surface area (TPSA) is 79.5 Å². The van der Waals surface area contributed by atoms with Crippen molar-refractivity contribution in [2.45, 2.75) is 39.2 Å². The Balaban J connectivity index is 2.13. The second-order valence-electron chi connectivity index (χ2n) is 5.07. The summed E-state index contributed by atoms with van der Waals surface area (Å²) in [6.45, 7) is 3.46. The molecule has 2 unspecified atom stereocenters. The van der Waals surface area contributed by atoms with Gasteiger partial charge in [-0.25, -0.2) is 0 Å². The highest BCUT2D eigenvalue weighted by atomic mass is 16.4. The summed E-state index contributed by atoms with van der Waals surface area (Å²) in [6.07, 6.45) is 3.54. The van der Waals surface area contributed by atoms with Gasteiger partial charge in [-0.3, -0.25) is 9.59 Å². The van der Waals surface area contributed by atoms with Crippen LogP contribution in [0.15, 0.2) is 16.7 Å². The molecule has 5 heteroatoms. The van der Waals surface area contributed by atoms with Crippen LogP contribution < -0.4 is 5.32 Å². The Morgan fingerprint density at radius 1 is 1.56 bits per heavy atom. The molecule has 1 aliphatic rings. The van der Waals surface area contributed by atoms with Crippen molar-refractivity contribution in [1.82, 2.24) is 5.32 Å². The molecule has 18 heavy (non-hydrogen) atoms. The number of hydrogen-bond donors (Lipinski definition) is 2. The molecule has 0 aliphatic heterocycles. The zero-order valence-corrected chi connectivity index (χ0v) is 10.5. The lowest BCUT2D eigenvalue weighted by atomic mass is 9.85. The van der Waals surface area contributed by atoms with E-state index in [2.05, 4.69) is 5.32 Å². The van der Waals surface area contributed by atoms with Crippen LogP contribution in [0.2, 0.25) is 0 Å². The van der Waals surface area contributed by atoms with Gasteiger partial charge in [0.1, 0.15) is 0 Å². The van der Waals surface area contributed by atoms with Gasteiger partial charge in [0.05, 0.1) is 11.7 Å². The Morgan fingerprint density at radius 2 is 2.28 bits per heavy atom. The molecular weight excluding hydrogens is 234 g/mol. The Bertz CT molecular complexity index is 479. The highest BCUT2D eigenvalue weighted by molar-refractivity contribution is 5.93. The van der Waals surface area contributed by atoms with Crippen molar-refractivity contribution >= 4 is 11.9 Å². The van der Waals surface area contributed by atoms with E-state index >= 15 is 0 Å². The molecule has 0 bridgehead atoms. The largest absolute Gasteiger partial charge is 0.481 e. The van der Waals surface area contributed by atoms with Gasteiger partial charge >= 0.3 is 5.97 Å². The quantitative estimate of drug-likeness (QED) is 0.860. The molecule has 98 valence electrons. The first-order chi connectivity index (χ1) is 8.45. The average molecular weight is 251 g/mol. The molecule has 1 heterocycles. The number of carboxylic acid groups (broad SMARTS) is 1. The molecule has 0 spiro atoms. The van der Waals surface area contributed by atoms with Crippen molar-refractivity contribution in [2.24, 2.45) is 5.41 Å². The van der Waals surface area contributed by atoms with Gasteiger partial charge in [-0.1, -0.05) is 6.42 Å². The summed E-state index contributed by atoms with van der Waals surface area (Å²) in [4.78, 5) is 23.3. The molecule has 0 aromatic carbocycles. The predicted octanol–water partition coefficient (Wildman–Crippen LogP) is 1.96. The minimum atomic E-state index is -0.879. The fourth-order valence-electron chi connectivity index (χ4n) is 2.48. The van der Waals surface area contributed by atoms with Gasteiger partial charge in [0.25, 0.3) is 5.91 Å². The molecule has 2 rings (SSSR count). The average Bonchev–Trinajstić information content (AvgIpc) is 2.87.